The van der Waals surface area contributed by atoms with Gasteiger partial charge in [-0.25, -0.2) is 0 Å². The molecule has 1 aromatic carbocycles. The Morgan fingerprint density at radius 2 is 1.88 bits per heavy atom. The minimum absolute atomic E-state index is 0.357. The smallest absolute Gasteiger partial charge is 0.307 e. The van der Waals surface area contributed by atoms with Crippen molar-refractivity contribution in [2.45, 2.75) is 24.9 Å². The summed E-state index contributed by atoms with van der Waals surface area (Å²) in [6.07, 6.45) is 0. The van der Waals surface area contributed by atoms with Crippen LogP contribution in [0.2, 0.25) is 5.02 Å². The molecule has 0 aliphatic heterocycles. The summed E-state index contributed by atoms with van der Waals surface area (Å²) < 4.78 is 12.0. The topological polar surface area (TPSA) is 54.4 Å². The van der Waals surface area contributed by atoms with Crippen molar-refractivity contribution in [3.05, 3.63) is 34.9 Å². The zero-order chi connectivity index (χ0) is 13.0. The molecule has 0 aliphatic rings. The van der Waals surface area contributed by atoms with Crippen molar-refractivity contribution in [2.75, 3.05) is 0 Å². The number of hydrogen-bond acceptors (Lipinski definition) is 2. The zero-order valence-electron chi connectivity index (χ0n) is 9.72. The van der Waals surface area contributed by atoms with Crippen molar-refractivity contribution in [1.82, 2.24) is 0 Å². The fourth-order valence-corrected chi connectivity index (χ4v) is 2.79. The summed E-state index contributed by atoms with van der Waals surface area (Å²) >= 11 is 5.75. The summed E-state index contributed by atoms with van der Waals surface area (Å²) in [5.41, 5.74) is 0.900. The Morgan fingerprint density at radius 1 is 1.35 bits per heavy atom. The van der Waals surface area contributed by atoms with Gasteiger partial charge in [-0.15, -0.1) is 0 Å². The summed E-state index contributed by atoms with van der Waals surface area (Å²) in [7, 11) is -1.20. The van der Waals surface area contributed by atoms with Crippen LogP contribution >= 0.6 is 11.6 Å². The molecule has 0 bridgehead atoms. The summed E-state index contributed by atoms with van der Waals surface area (Å²) in [6.45, 7) is 3.28. The average Bonchev–Trinajstić information content (AvgIpc) is 2.30. The Labute approximate surface area is 108 Å². The van der Waals surface area contributed by atoms with E-state index in [4.69, 9.17) is 16.7 Å². The van der Waals surface area contributed by atoms with Gasteiger partial charge >= 0.3 is 5.97 Å². The first-order chi connectivity index (χ1) is 7.91. The van der Waals surface area contributed by atoms with E-state index >= 15 is 0 Å². The van der Waals surface area contributed by atoms with Crippen molar-refractivity contribution < 1.29 is 14.1 Å². The quantitative estimate of drug-likeness (QED) is 0.898. The van der Waals surface area contributed by atoms with Gasteiger partial charge in [0.25, 0.3) is 0 Å². The minimum atomic E-state index is -1.20. The monoisotopic (exact) mass is 274 g/mol. The van der Waals surface area contributed by atoms with Crippen LogP contribution in [-0.4, -0.2) is 20.5 Å². The largest absolute Gasteiger partial charge is 0.481 e. The van der Waals surface area contributed by atoms with Crippen molar-refractivity contribution in [2.24, 2.45) is 5.92 Å². The molecule has 94 valence electrons. The molecule has 1 aromatic rings. The highest BCUT2D eigenvalue weighted by atomic mass is 35.5. The molecule has 3 nitrogen and oxygen atoms in total. The van der Waals surface area contributed by atoms with Gasteiger partial charge in [0.05, 0.1) is 5.92 Å². The molecule has 1 N–H and O–H groups in total. The molecule has 0 radical (unpaired) electrons. The molecule has 3 atom stereocenters. The molecule has 1 rings (SSSR count). The Hall–Kier alpha value is -0.870. The molecule has 0 fully saturated rings. The molecule has 3 unspecified atom stereocenters. The van der Waals surface area contributed by atoms with Crippen LogP contribution in [0.3, 0.4) is 0 Å². The Balaban J connectivity index is 2.66. The third-order valence-electron chi connectivity index (χ3n) is 2.73. The maximum absolute atomic E-state index is 12.0. The lowest BCUT2D eigenvalue weighted by Crippen LogP contribution is -2.27. The molecule has 5 heteroatoms. The number of halogens is 1. The summed E-state index contributed by atoms with van der Waals surface area (Å²) in [6, 6.07) is 7.08. The van der Waals surface area contributed by atoms with Gasteiger partial charge in [-0.05, 0) is 24.6 Å². The van der Waals surface area contributed by atoms with Crippen LogP contribution in [0.15, 0.2) is 24.3 Å². The molecule has 0 spiro atoms. The molecule has 17 heavy (non-hydrogen) atoms. The Bertz CT molecular complexity index is 416. The van der Waals surface area contributed by atoms with E-state index in [0.717, 1.165) is 5.56 Å². The lowest BCUT2D eigenvalue weighted by atomic mass is 10.1. The number of carboxylic acids is 1. The molecule has 0 aromatic heterocycles. The van der Waals surface area contributed by atoms with Gasteiger partial charge in [0.15, 0.2) is 0 Å². The van der Waals surface area contributed by atoms with Gasteiger partial charge in [0.2, 0.25) is 0 Å². The third-order valence-corrected chi connectivity index (χ3v) is 4.84. The summed E-state index contributed by atoms with van der Waals surface area (Å²) in [5, 5.41) is 9.11. The van der Waals surface area contributed by atoms with Crippen molar-refractivity contribution in [1.29, 1.82) is 0 Å². The second-order valence-corrected chi connectivity index (χ2v) is 6.21. The average molecular weight is 275 g/mol. The van der Waals surface area contributed by atoms with Crippen LogP contribution in [0, 0.1) is 5.92 Å². The lowest BCUT2D eigenvalue weighted by Gasteiger charge is -2.15. The number of rotatable bonds is 5. The second kappa shape index (κ2) is 6.17. The molecule has 0 amide bonds. The van der Waals surface area contributed by atoms with E-state index in [1.165, 1.54) is 0 Å². The van der Waals surface area contributed by atoms with E-state index in [1.807, 2.05) is 0 Å². The van der Waals surface area contributed by atoms with E-state index in [-0.39, 0.29) is 5.25 Å². The van der Waals surface area contributed by atoms with Gasteiger partial charge < -0.3 is 5.11 Å². The predicted octanol–water partition coefficient (Wildman–Crippen LogP) is 2.70. The van der Waals surface area contributed by atoms with Crippen LogP contribution in [0.5, 0.6) is 0 Å². The number of carboxylic acid groups (broad SMARTS) is 1. The fourth-order valence-electron chi connectivity index (χ4n) is 1.30. The maximum atomic E-state index is 12.0. The fraction of sp³-hybridized carbons (Fsp3) is 0.417. The first-order valence-electron chi connectivity index (χ1n) is 5.26. The highest BCUT2D eigenvalue weighted by Gasteiger charge is 2.24. The predicted molar refractivity (Wildman–Crippen MR) is 69.6 cm³/mol. The van der Waals surface area contributed by atoms with Gasteiger partial charge in [0.1, 0.15) is 0 Å². The highest BCUT2D eigenvalue weighted by Crippen LogP contribution is 2.16. The molecule has 0 saturated heterocycles. The van der Waals surface area contributed by atoms with Crippen LogP contribution in [0.25, 0.3) is 0 Å². The molecule has 0 saturated carbocycles. The number of hydrogen-bond donors (Lipinski definition) is 1. The maximum Gasteiger partial charge on any atom is 0.307 e. The van der Waals surface area contributed by atoms with Crippen LogP contribution < -0.4 is 0 Å². The summed E-state index contributed by atoms with van der Waals surface area (Å²) in [5.74, 6) is -1.17. The summed E-state index contributed by atoms with van der Waals surface area (Å²) in [4.78, 5) is 10.8. The van der Waals surface area contributed by atoms with Crippen molar-refractivity contribution in [3.63, 3.8) is 0 Å². The molecule has 0 heterocycles. The third kappa shape index (κ3) is 4.13. The molecule has 0 aliphatic carbocycles. The standard InChI is InChI=1S/C12H15ClO3S/c1-8(12(14)15)9(2)17(16)7-10-3-5-11(13)6-4-10/h3-6,8-9H,7H2,1-2H3,(H,14,15). The van der Waals surface area contributed by atoms with E-state index in [0.29, 0.717) is 10.8 Å². The SMILES string of the molecule is CC(C(=O)O)C(C)S(=O)Cc1ccc(Cl)cc1. The van der Waals surface area contributed by atoms with Crippen molar-refractivity contribution >= 4 is 28.4 Å². The van der Waals surface area contributed by atoms with Gasteiger partial charge in [-0.3, -0.25) is 9.00 Å². The van der Waals surface area contributed by atoms with Crippen molar-refractivity contribution in [3.8, 4) is 0 Å². The van der Waals surface area contributed by atoms with E-state index in [1.54, 1.807) is 38.1 Å². The number of benzene rings is 1. The minimum Gasteiger partial charge on any atom is -0.481 e. The number of carbonyl (C=O) groups is 1. The zero-order valence-corrected chi connectivity index (χ0v) is 11.3. The first-order valence-corrected chi connectivity index (χ1v) is 7.02. The van der Waals surface area contributed by atoms with E-state index < -0.39 is 22.7 Å². The van der Waals surface area contributed by atoms with Crippen LogP contribution in [0.4, 0.5) is 0 Å². The number of aliphatic carboxylic acids is 1. The molecular weight excluding hydrogens is 260 g/mol. The van der Waals surface area contributed by atoms with Gasteiger partial charge in [-0.2, -0.15) is 0 Å². The Kier molecular flexibility index (Phi) is 5.15. The second-order valence-electron chi connectivity index (χ2n) is 3.98. The van der Waals surface area contributed by atoms with Gasteiger partial charge in [-0.1, -0.05) is 30.7 Å². The van der Waals surface area contributed by atoms with Crippen LogP contribution in [-0.2, 0) is 21.3 Å². The molecular formula is C12H15ClO3S. The normalized spacial score (nSPS) is 16.2. The highest BCUT2D eigenvalue weighted by molar-refractivity contribution is 7.84. The Morgan fingerprint density at radius 3 is 2.35 bits per heavy atom. The van der Waals surface area contributed by atoms with E-state index in [2.05, 4.69) is 0 Å². The van der Waals surface area contributed by atoms with Crippen LogP contribution in [0.1, 0.15) is 19.4 Å². The lowest BCUT2D eigenvalue weighted by molar-refractivity contribution is -0.141. The first kappa shape index (κ1) is 14.2. The van der Waals surface area contributed by atoms with Gasteiger partial charge in [0, 0.05) is 26.8 Å². The van der Waals surface area contributed by atoms with E-state index in [9.17, 15) is 9.00 Å².